The number of ether oxygens (including phenoxy) is 2. The third-order valence-electron chi connectivity index (χ3n) is 4.07. The van der Waals surface area contributed by atoms with Gasteiger partial charge in [-0.15, -0.1) is 11.3 Å². The number of carbonyl (C=O) groups excluding carboxylic acids is 2. The van der Waals surface area contributed by atoms with Gasteiger partial charge >= 0.3 is 5.97 Å². The molecule has 0 spiro atoms. The standard InChI is InChI=1S/C20H14ClN3O4S2/c1-2-27-14-10-11(8-12-17(22)24-5-7-30-20(24)23-18(12)25)9-13(21)16(14)28-19(26)15-4-3-6-29-15/h3-10,22H,2H2,1H3/b12-8-,22-17?. The van der Waals surface area contributed by atoms with Gasteiger partial charge in [-0.25, -0.2) is 4.79 Å². The van der Waals surface area contributed by atoms with Crippen molar-refractivity contribution in [2.45, 2.75) is 6.92 Å². The van der Waals surface area contributed by atoms with Crippen molar-refractivity contribution in [2.24, 2.45) is 4.99 Å². The van der Waals surface area contributed by atoms with Gasteiger partial charge in [0.1, 0.15) is 10.7 Å². The smallest absolute Gasteiger partial charge is 0.353 e. The van der Waals surface area contributed by atoms with Crippen LogP contribution in [-0.4, -0.2) is 34.4 Å². The van der Waals surface area contributed by atoms with E-state index in [1.807, 2.05) is 0 Å². The lowest BCUT2D eigenvalue weighted by atomic mass is 10.1. The van der Waals surface area contributed by atoms with Crippen LogP contribution in [0.1, 0.15) is 22.2 Å². The first-order valence-electron chi connectivity index (χ1n) is 8.76. The number of hydrogen-bond donors (Lipinski definition) is 1. The fourth-order valence-corrected chi connectivity index (χ4v) is 4.33. The predicted octanol–water partition coefficient (Wildman–Crippen LogP) is 4.80. The Labute approximate surface area is 185 Å². The van der Waals surface area contributed by atoms with Crippen LogP contribution >= 0.6 is 34.7 Å². The van der Waals surface area contributed by atoms with Crippen molar-refractivity contribution in [1.82, 2.24) is 4.90 Å². The summed E-state index contributed by atoms with van der Waals surface area (Å²) in [5.74, 6) is -0.665. The van der Waals surface area contributed by atoms with Gasteiger partial charge < -0.3 is 9.47 Å². The molecule has 0 atom stereocenters. The number of thioether (sulfide) groups is 1. The van der Waals surface area contributed by atoms with Crippen LogP contribution in [0, 0.1) is 5.41 Å². The number of thiophene rings is 1. The molecule has 2 aromatic rings. The number of amidine groups is 2. The van der Waals surface area contributed by atoms with E-state index in [1.165, 1.54) is 34.1 Å². The molecule has 30 heavy (non-hydrogen) atoms. The van der Waals surface area contributed by atoms with Crippen molar-refractivity contribution in [2.75, 3.05) is 6.61 Å². The van der Waals surface area contributed by atoms with Crippen LogP contribution in [0.15, 0.2) is 51.8 Å². The van der Waals surface area contributed by atoms with Gasteiger partial charge in [0.15, 0.2) is 16.7 Å². The van der Waals surface area contributed by atoms with Crippen LogP contribution in [0.2, 0.25) is 5.02 Å². The quantitative estimate of drug-likeness (QED) is 0.392. The van der Waals surface area contributed by atoms with E-state index in [2.05, 4.69) is 4.99 Å². The maximum Gasteiger partial charge on any atom is 0.353 e. The number of aliphatic imine (C=N–C) groups is 1. The van der Waals surface area contributed by atoms with Crippen LogP contribution in [-0.2, 0) is 4.79 Å². The molecule has 1 aromatic heterocycles. The molecular formula is C20H14ClN3O4S2. The summed E-state index contributed by atoms with van der Waals surface area (Å²) in [7, 11) is 0. The predicted molar refractivity (Wildman–Crippen MR) is 119 cm³/mol. The fourth-order valence-electron chi connectivity index (χ4n) is 2.77. The molecular weight excluding hydrogens is 446 g/mol. The zero-order chi connectivity index (χ0) is 21.3. The van der Waals surface area contributed by atoms with Crippen LogP contribution in [0.3, 0.4) is 0 Å². The zero-order valence-corrected chi connectivity index (χ0v) is 17.9. The maximum atomic E-state index is 12.4. The number of nitrogens with zero attached hydrogens (tertiary/aromatic N) is 2. The molecule has 1 aromatic carbocycles. The van der Waals surface area contributed by atoms with Crippen molar-refractivity contribution >= 4 is 63.7 Å². The number of nitrogens with one attached hydrogen (secondary N) is 1. The second-order valence-corrected chi connectivity index (χ2v) is 8.24. The van der Waals surface area contributed by atoms with Gasteiger partial charge in [-0.3, -0.25) is 15.1 Å². The Morgan fingerprint density at radius 3 is 2.97 bits per heavy atom. The lowest BCUT2D eigenvalue weighted by Gasteiger charge is -2.22. The SMILES string of the molecule is CCOc1cc(/C=C2/C(=N)N3C=CSC3=NC2=O)cc(Cl)c1OC(=O)c1cccs1. The normalized spacial score (nSPS) is 16.7. The molecule has 0 bridgehead atoms. The molecule has 0 fully saturated rings. The minimum absolute atomic E-state index is 0.0218. The largest absolute Gasteiger partial charge is 0.490 e. The van der Waals surface area contributed by atoms with Crippen molar-refractivity contribution in [1.29, 1.82) is 5.41 Å². The van der Waals surface area contributed by atoms with E-state index < -0.39 is 11.9 Å². The summed E-state index contributed by atoms with van der Waals surface area (Å²) in [6.45, 7) is 2.11. The average Bonchev–Trinajstić information content (AvgIpc) is 3.40. The minimum atomic E-state index is -0.539. The second-order valence-electron chi connectivity index (χ2n) is 6.01. The highest BCUT2D eigenvalue weighted by Crippen LogP contribution is 2.38. The second kappa shape index (κ2) is 8.47. The molecule has 2 aliphatic rings. The van der Waals surface area contributed by atoms with E-state index in [1.54, 1.807) is 48.2 Å². The highest BCUT2D eigenvalue weighted by atomic mass is 35.5. The molecule has 0 aliphatic carbocycles. The molecule has 0 saturated carbocycles. The van der Waals surface area contributed by atoms with E-state index in [0.29, 0.717) is 22.2 Å². The van der Waals surface area contributed by atoms with E-state index in [0.717, 1.165) is 0 Å². The summed E-state index contributed by atoms with van der Waals surface area (Å²) in [5.41, 5.74) is 0.634. The molecule has 0 saturated heterocycles. The van der Waals surface area contributed by atoms with Gasteiger partial charge in [-0.05, 0) is 47.6 Å². The third kappa shape index (κ3) is 3.91. The number of benzene rings is 1. The molecule has 2 aliphatic heterocycles. The molecule has 4 rings (SSSR count). The fraction of sp³-hybridized carbons (Fsp3) is 0.100. The molecule has 1 N–H and O–H groups in total. The topological polar surface area (TPSA) is 92.1 Å². The van der Waals surface area contributed by atoms with Gasteiger partial charge in [0, 0.05) is 6.20 Å². The molecule has 0 unspecified atom stereocenters. The van der Waals surface area contributed by atoms with Crippen LogP contribution in [0.5, 0.6) is 11.5 Å². The number of fused-ring (bicyclic) bond motifs is 1. The van der Waals surface area contributed by atoms with Crippen molar-refractivity contribution < 1.29 is 19.1 Å². The summed E-state index contributed by atoms with van der Waals surface area (Å²) in [4.78, 5) is 30.7. The number of rotatable bonds is 5. The Balaban J connectivity index is 1.69. The molecule has 0 radical (unpaired) electrons. The van der Waals surface area contributed by atoms with Crippen molar-refractivity contribution in [3.8, 4) is 11.5 Å². The van der Waals surface area contributed by atoms with Gasteiger partial charge in [-0.1, -0.05) is 29.4 Å². The average molecular weight is 460 g/mol. The Kier molecular flexibility index (Phi) is 5.76. The van der Waals surface area contributed by atoms with Gasteiger partial charge in [0.25, 0.3) is 5.91 Å². The molecule has 1 amide bonds. The van der Waals surface area contributed by atoms with Gasteiger partial charge in [0.2, 0.25) is 0 Å². The minimum Gasteiger partial charge on any atom is -0.490 e. The summed E-state index contributed by atoms with van der Waals surface area (Å²) in [6.07, 6.45) is 3.19. The Morgan fingerprint density at radius 2 is 2.23 bits per heavy atom. The first-order valence-corrected chi connectivity index (χ1v) is 10.9. The highest BCUT2D eigenvalue weighted by molar-refractivity contribution is 8.16. The van der Waals surface area contributed by atoms with E-state index in [9.17, 15) is 9.59 Å². The summed E-state index contributed by atoms with van der Waals surface area (Å²) in [5, 5.41) is 12.4. The van der Waals surface area contributed by atoms with Crippen LogP contribution < -0.4 is 9.47 Å². The third-order valence-corrected chi connectivity index (χ3v) is 5.96. The summed E-state index contributed by atoms with van der Waals surface area (Å²) >= 11 is 8.92. The number of hydrogen-bond acceptors (Lipinski definition) is 7. The Bertz CT molecular complexity index is 1140. The number of esters is 1. The maximum absolute atomic E-state index is 12.4. The number of carbonyl (C=O) groups is 2. The van der Waals surface area contributed by atoms with Crippen LogP contribution in [0.25, 0.3) is 6.08 Å². The van der Waals surface area contributed by atoms with Crippen molar-refractivity contribution in [3.05, 3.63) is 62.3 Å². The van der Waals surface area contributed by atoms with E-state index in [4.69, 9.17) is 26.5 Å². The molecule has 10 heteroatoms. The Hall–Kier alpha value is -2.88. The van der Waals surface area contributed by atoms with E-state index >= 15 is 0 Å². The molecule has 7 nitrogen and oxygen atoms in total. The Morgan fingerprint density at radius 1 is 1.40 bits per heavy atom. The monoisotopic (exact) mass is 459 g/mol. The summed E-state index contributed by atoms with van der Waals surface area (Å²) < 4.78 is 11.1. The zero-order valence-electron chi connectivity index (χ0n) is 15.5. The lowest BCUT2D eigenvalue weighted by Crippen LogP contribution is -2.35. The lowest BCUT2D eigenvalue weighted by molar-refractivity contribution is -0.114. The van der Waals surface area contributed by atoms with Gasteiger partial charge in [0.05, 0.1) is 17.2 Å². The highest BCUT2D eigenvalue weighted by Gasteiger charge is 2.31. The molecule has 152 valence electrons. The number of halogens is 1. The first-order chi connectivity index (χ1) is 14.5. The number of amides is 1. The van der Waals surface area contributed by atoms with E-state index in [-0.39, 0.29) is 27.9 Å². The van der Waals surface area contributed by atoms with Crippen LogP contribution in [0.4, 0.5) is 0 Å². The first kappa shape index (κ1) is 20.4. The molecule has 3 heterocycles. The van der Waals surface area contributed by atoms with Gasteiger partial charge in [-0.2, -0.15) is 4.99 Å². The van der Waals surface area contributed by atoms with Crippen molar-refractivity contribution in [3.63, 3.8) is 0 Å². The summed E-state index contributed by atoms with van der Waals surface area (Å²) in [6, 6.07) is 6.55.